The lowest BCUT2D eigenvalue weighted by molar-refractivity contribution is 0.0928. The lowest BCUT2D eigenvalue weighted by atomic mass is 9.96. The molecule has 0 aromatic heterocycles. The number of piperidine rings is 1. The Hall–Kier alpha value is -1.95. The highest BCUT2D eigenvalue weighted by Gasteiger charge is 2.22. The third-order valence-corrected chi connectivity index (χ3v) is 5.10. The second-order valence-corrected chi connectivity index (χ2v) is 7.38. The smallest absolute Gasteiger partial charge is 0.251 e. The van der Waals surface area contributed by atoms with Gasteiger partial charge in [0.2, 0.25) is 5.75 Å². The van der Waals surface area contributed by atoms with Crippen molar-refractivity contribution in [2.24, 2.45) is 5.92 Å². The molecule has 6 nitrogen and oxygen atoms in total. The molecule has 0 unspecified atom stereocenters. The van der Waals surface area contributed by atoms with Crippen molar-refractivity contribution >= 4 is 5.91 Å². The first-order valence-electron chi connectivity index (χ1n) is 10.6. The van der Waals surface area contributed by atoms with E-state index in [0.717, 1.165) is 25.9 Å². The molecule has 2 rings (SSSR count). The van der Waals surface area contributed by atoms with Crippen molar-refractivity contribution in [3.8, 4) is 17.2 Å². The summed E-state index contributed by atoms with van der Waals surface area (Å²) in [6, 6.07) is 4.08. The van der Waals surface area contributed by atoms with Gasteiger partial charge in [0.25, 0.3) is 5.91 Å². The Morgan fingerprint density at radius 2 is 1.57 bits per heavy atom. The van der Waals surface area contributed by atoms with Crippen LogP contribution in [0.4, 0.5) is 0 Å². The van der Waals surface area contributed by atoms with E-state index in [-0.39, 0.29) is 5.91 Å². The monoisotopic (exact) mass is 392 g/mol. The molecule has 1 aromatic carbocycles. The van der Waals surface area contributed by atoms with Gasteiger partial charge in [0.15, 0.2) is 11.5 Å². The highest BCUT2D eigenvalue weighted by atomic mass is 16.5. The SMILES string of the molecule is CCOc1cc(C(=O)NCC2CCN(C(C)C)CC2)cc(OCC)c1OCC. The van der Waals surface area contributed by atoms with Crippen molar-refractivity contribution in [3.63, 3.8) is 0 Å². The number of carbonyl (C=O) groups is 1. The van der Waals surface area contributed by atoms with E-state index in [4.69, 9.17) is 14.2 Å². The molecule has 0 atom stereocenters. The van der Waals surface area contributed by atoms with Gasteiger partial charge in [-0.05, 0) is 78.6 Å². The minimum absolute atomic E-state index is 0.101. The fraction of sp³-hybridized carbons (Fsp3) is 0.682. The Morgan fingerprint density at radius 3 is 2.04 bits per heavy atom. The second kappa shape index (κ2) is 11.1. The first-order valence-corrected chi connectivity index (χ1v) is 10.6. The minimum Gasteiger partial charge on any atom is -0.490 e. The summed E-state index contributed by atoms with van der Waals surface area (Å²) in [5.41, 5.74) is 0.537. The molecule has 1 amide bonds. The molecular formula is C22H36N2O4. The van der Waals surface area contributed by atoms with Crippen molar-refractivity contribution in [1.29, 1.82) is 0 Å². The summed E-state index contributed by atoms with van der Waals surface area (Å²) >= 11 is 0. The van der Waals surface area contributed by atoms with E-state index < -0.39 is 0 Å². The van der Waals surface area contributed by atoms with E-state index >= 15 is 0 Å². The van der Waals surface area contributed by atoms with Crippen molar-refractivity contribution in [2.75, 3.05) is 39.5 Å². The molecule has 1 aliphatic heterocycles. The highest BCUT2D eigenvalue weighted by Crippen LogP contribution is 2.39. The van der Waals surface area contributed by atoms with Crippen molar-refractivity contribution < 1.29 is 19.0 Å². The Bertz CT molecular complexity index is 598. The van der Waals surface area contributed by atoms with Crippen molar-refractivity contribution in [2.45, 2.75) is 53.5 Å². The fourth-order valence-electron chi connectivity index (χ4n) is 3.53. The Morgan fingerprint density at radius 1 is 1.04 bits per heavy atom. The Kier molecular flexibility index (Phi) is 8.90. The van der Waals surface area contributed by atoms with Gasteiger partial charge in [-0.25, -0.2) is 0 Å². The van der Waals surface area contributed by atoms with Gasteiger partial charge in [0.1, 0.15) is 0 Å². The summed E-state index contributed by atoms with van der Waals surface area (Å²) in [4.78, 5) is 15.3. The van der Waals surface area contributed by atoms with Crippen LogP contribution in [0.5, 0.6) is 17.2 Å². The van der Waals surface area contributed by atoms with Gasteiger partial charge in [0, 0.05) is 18.2 Å². The number of benzene rings is 1. The van der Waals surface area contributed by atoms with Crippen LogP contribution in [0, 0.1) is 5.92 Å². The molecule has 1 N–H and O–H groups in total. The van der Waals surface area contributed by atoms with Crippen LogP contribution in [0.2, 0.25) is 0 Å². The third-order valence-electron chi connectivity index (χ3n) is 5.10. The molecule has 158 valence electrons. The summed E-state index contributed by atoms with van der Waals surface area (Å²) in [5, 5.41) is 3.09. The van der Waals surface area contributed by atoms with Gasteiger partial charge < -0.3 is 24.4 Å². The van der Waals surface area contributed by atoms with Crippen molar-refractivity contribution in [3.05, 3.63) is 17.7 Å². The van der Waals surface area contributed by atoms with Crippen LogP contribution in [0.3, 0.4) is 0 Å². The van der Waals surface area contributed by atoms with Gasteiger partial charge >= 0.3 is 0 Å². The van der Waals surface area contributed by atoms with Crippen LogP contribution in [-0.4, -0.2) is 56.3 Å². The van der Waals surface area contributed by atoms with E-state index in [9.17, 15) is 4.79 Å². The fourth-order valence-corrected chi connectivity index (χ4v) is 3.53. The maximum Gasteiger partial charge on any atom is 0.251 e. The predicted octanol–water partition coefficient (Wildman–Crippen LogP) is 3.73. The topological polar surface area (TPSA) is 60.0 Å². The molecule has 0 bridgehead atoms. The summed E-state index contributed by atoms with van der Waals surface area (Å²) in [7, 11) is 0. The van der Waals surface area contributed by atoms with Crippen LogP contribution >= 0.6 is 0 Å². The van der Waals surface area contributed by atoms with Gasteiger partial charge in [-0.1, -0.05) is 0 Å². The third kappa shape index (κ3) is 6.03. The number of hydrogen-bond acceptors (Lipinski definition) is 5. The number of hydrogen-bond donors (Lipinski definition) is 1. The maximum absolute atomic E-state index is 12.8. The van der Waals surface area contributed by atoms with Crippen LogP contribution in [-0.2, 0) is 0 Å². The highest BCUT2D eigenvalue weighted by molar-refractivity contribution is 5.95. The van der Waals surface area contributed by atoms with E-state index in [1.165, 1.54) is 0 Å². The minimum atomic E-state index is -0.101. The number of nitrogens with one attached hydrogen (secondary N) is 1. The largest absolute Gasteiger partial charge is 0.490 e. The molecule has 0 saturated carbocycles. The number of rotatable bonds is 10. The van der Waals surface area contributed by atoms with E-state index in [1.807, 2.05) is 20.8 Å². The number of likely N-dealkylation sites (tertiary alicyclic amines) is 1. The number of carbonyl (C=O) groups excluding carboxylic acids is 1. The molecular weight excluding hydrogens is 356 g/mol. The quantitative estimate of drug-likeness (QED) is 0.657. The van der Waals surface area contributed by atoms with E-state index in [1.54, 1.807) is 12.1 Å². The molecule has 6 heteroatoms. The van der Waals surface area contributed by atoms with Crippen LogP contribution in [0.15, 0.2) is 12.1 Å². The molecule has 1 aromatic rings. The molecule has 28 heavy (non-hydrogen) atoms. The second-order valence-electron chi connectivity index (χ2n) is 7.38. The van der Waals surface area contributed by atoms with E-state index in [2.05, 4.69) is 24.1 Å². The normalized spacial score (nSPS) is 15.5. The first kappa shape index (κ1) is 22.3. The number of nitrogens with zero attached hydrogens (tertiary/aromatic N) is 1. The summed E-state index contributed by atoms with van der Waals surface area (Å²) in [5.74, 6) is 2.08. The molecule has 0 radical (unpaired) electrons. The Labute approximate surface area is 169 Å². The number of amides is 1. The molecule has 1 saturated heterocycles. The van der Waals surface area contributed by atoms with Crippen molar-refractivity contribution in [1.82, 2.24) is 10.2 Å². The average Bonchev–Trinajstić information content (AvgIpc) is 2.69. The zero-order valence-electron chi connectivity index (χ0n) is 18.0. The lowest BCUT2D eigenvalue weighted by Gasteiger charge is -2.34. The Balaban J connectivity index is 2.05. The van der Waals surface area contributed by atoms with Crippen LogP contribution in [0.1, 0.15) is 57.8 Å². The molecule has 1 fully saturated rings. The van der Waals surface area contributed by atoms with Crippen LogP contribution in [0.25, 0.3) is 0 Å². The average molecular weight is 393 g/mol. The first-order chi connectivity index (χ1) is 13.5. The predicted molar refractivity (Wildman–Crippen MR) is 112 cm³/mol. The summed E-state index contributed by atoms with van der Waals surface area (Å²) < 4.78 is 17.1. The van der Waals surface area contributed by atoms with E-state index in [0.29, 0.717) is 61.1 Å². The maximum atomic E-state index is 12.8. The number of ether oxygens (including phenoxy) is 3. The van der Waals surface area contributed by atoms with Crippen LogP contribution < -0.4 is 19.5 Å². The zero-order valence-corrected chi connectivity index (χ0v) is 18.0. The standard InChI is InChI=1S/C22H36N2O4/c1-6-26-19-13-18(14-20(27-7-2)21(19)28-8-3)22(25)23-15-17-9-11-24(12-10-17)16(4)5/h13-14,16-17H,6-12,15H2,1-5H3,(H,23,25). The lowest BCUT2D eigenvalue weighted by Crippen LogP contribution is -2.41. The van der Waals surface area contributed by atoms with Gasteiger partial charge in [-0.15, -0.1) is 0 Å². The molecule has 0 aliphatic carbocycles. The zero-order chi connectivity index (χ0) is 20.5. The summed E-state index contributed by atoms with van der Waals surface area (Å²) in [6.45, 7) is 14.6. The molecule has 1 heterocycles. The molecule has 1 aliphatic rings. The van der Waals surface area contributed by atoms with Gasteiger partial charge in [0.05, 0.1) is 19.8 Å². The summed E-state index contributed by atoms with van der Waals surface area (Å²) in [6.07, 6.45) is 2.24. The van der Waals surface area contributed by atoms with Gasteiger partial charge in [-0.3, -0.25) is 4.79 Å². The van der Waals surface area contributed by atoms with Gasteiger partial charge in [-0.2, -0.15) is 0 Å². The molecule has 0 spiro atoms.